The largest absolute Gasteiger partial charge is 0.485 e. The van der Waals surface area contributed by atoms with Crippen LogP contribution in [0.5, 0.6) is 11.5 Å². The van der Waals surface area contributed by atoms with Gasteiger partial charge in [-0.05, 0) is 36.6 Å². The molecule has 0 saturated heterocycles. The van der Waals surface area contributed by atoms with Crippen LogP contribution < -0.4 is 14.4 Å². The Morgan fingerprint density at radius 2 is 1.85 bits per heavy atom. The molecule has 2 aliphatic rings. The monoisotopic (exact) mass is 353 g/mol. The van der Waals surface area contributed by atoms with Crippen molar-refractivity contribution in [1.29, 1.82) is 0 Å². The van der Waals surface area contributed by atoms with Crippen molar-refractivity contribution in [3.8, 4) is 11.5 Å². The summed E-state index contributed by atoms with van der Waals surface area (Å²) in [6.07, 6.45) is 0.978. The second kappa shape index (κ2) is 7.07. The molecule has 2 aromatic rings. The number of fused-ring (bicyclic) bond motifs is 2. The Balaban J connectivity index is 1.36. The first kappa shape index (κ1) is 16.4. The third kappa shape index (κ3) is 3.22. The number of anilines is 1. The molecule has 26 heavy (non-hydrogen) atoms. The number of esters is 1. The van der Waals surface area contributed by atoms with Crippen LogP contribution in [0.15, 0.2) is 48.5 Å². The van der Waals surface area contributed by atoms with Crippen molar-refractivity contribution in [2.24, 2.45) is 0 Å². The normalized spacial score (nSPS) is 18.0. The lowest BCUT2D eigenvalue weighted by atomic mass is 10.0. The minimum Gasteiger partial charge on any atom is -0.485 e. The van der Waals surface area contributed by atoms with E-state index in [0.29, 0.717) is 18.0 Å². The fourth-order valence-corrected chi connectivity index (χ4v) is 3.23. The van der Waals surface area contributed by atoms with Gasteiger partial charge in [-0.25, -0.2) is 4.79 Å². The number of carbonyl (C=O) groups excluding carboxylic acids is 2. The summed E-state index contributed by atoms with van der Waals surface area (Å²) < 4.78 is 16.3. The summed E-state index contributed by atoms with van der Waals surface area (Å²) in [4.78, 5) is 26.4. The Kier molecular flexibility index (Phi) is 4.48. The van der Waals surface area contributed by atoms with Gasteiger partial charge in [-0.1, -0.05) is 30.3 Å². The van der Waals surface area contributed by atoms with Crippen molar-refractivity contribution in [2.45, 2.75) is 18.9 Å². The molecule has 2 aromatic carbocycles. The van der Waals surface area contributed by atoms with Crippen LogP contribution >= 0.6 is 0 Å². The van der Waals surface area contributed by atoms with Crippen LogP contribution in [0.3, 0.4) is 0 Å². The van der Waals surface area contributed by atoms with E-state index in [1.807, 2.05) is 30.3 Å². The summed E-state index contributed by atoms with van der Waals surface area (Å²) in [7, 11) is 0. The van der Waals surface area contributed by atoms with Crippen LogP contribution in [0.25, 0.3) is 0 Å². The highest BCUT2D eigenvalue weighted by Gasteiger charge is 2.30. The van der Waals surface area contributed by atoms with Gasteiger partial charge in [-0.3, -0.25) is 4.79 Å². The summed E-state index contributed by atoms with van der Waals surface area (Å²) in [6.45, 7) is 0.384. The Morgan fingerprint density at radius 3 is 2.73 bits per heavy atom. The molecule has 2 heterocycles. The molecule has 0 bridgehead atoms. The Hall–Kier alpha value is -3.02. The van der Waals surface area contributed by atoms with Crippen molar-refractivity contribution < 1.29 is 23.8 Å². The number of benzene rings is 2. The van der Waals surface area contributed by atoms with Gasteiger partial charge in [-0.2, -0.15) is 0 Å². The number of nitrogens with zero attached hydrogens (tertiary/aromatic N) is 1. The number of ether oxygens (including phenoxy) is 3. The lowest BCUT2D eigenvalue weighted by Crippen LogP contribution is -2.42. The standard InChI is InChI=1S/C20H19NO5/c22-19(21-11-5-7-14-6-1-2-8-15(14)21)13-25-20(23)18-12-24-16-9-3-4-10-17(16)26-18/h1-4,6,8-10,18H,5,7,11-13H2/t18-/m0/s1. The number of hydrogen-bond acceptors (Lipinski definition) is 5. The summed E-state index contributed by atoms with van der Waals surface area (Å²) in [5, 5.41) is 0. The molecule has 0 radical (unpaired) electrons. The number of amides is 1. The molecule has 0 unspecified atom stereocenters. The molecule has 1 atom stereocenters. The van der Waals surface area contributed by atoms with Crippen molar-refractivity contribution in [2.75, 3.05) is 24.7 Å². The molecule has 0 N–H and O–H groups in total. The lowest BCUT2D eigenvalue weighted by molar-refractivity contribution is -0.157. The topological polar surface area (TPSA) is 65.1 Å². The van der Waals surface area contributed by atoms with Crippen molar-refractivity contribution in [1.82, 2.24) is 0 Å². The van der Waals surface area contributed by atoms with E-state index in [1.54, 1.807) is 23.1 Å². The average molecular weight is 353 g/mol. The zero-order chi connectivity index (χ0) is 17.9. The highest BCUT2D eigenvalue weighted by molar-refractivity contribution is 5.96. The van der Waals surface area contributed by atoms with Gasteiger partial charge < -0.3 is 19.1 Å². The molecule has 0 saturated carbocycles. The third-order valence-electron chi connectivity index (χ3n) is 4.52. The Bertz CT molecular complexity index is 834. The van der Waals surface area contributed by atoms with Gasteiger partial charge >= 0.3 is 5.97 Å². The molecule has 6 nitrogen and oxygen atoms in total. The van der Waals surface area contributed by atoms with E-state index in [0.717, 1.165) is 24.1 Å². The van der Waals surface area contributed by atoms with Gasteiger partial charge in [0.05, 0.1) is 0 Å². The van der Waals surface area contributed by atoms with E-state index in [2.05, 4.69) is 0 Å². The van der Waals surface area contributed by atoms with Crippen molar-refractivity contribution >= 4 is 17.6 Å². The van der Waals surface area contributed by atoms with E-state index in [1.165, 1.54) is 0 Å². The van der Waals surface area contributed by atoms with Gasteiger partial charge in [0.25, 0.3) is 5.91 Å². The zero-order valence-corrected chi connectivity index (χ0v) is 14.2. The SMILES string of the molecule is O=C(OCC(=O)N1CCCc2ccccc21)[C@@H]1COc2ccccc2O1. The molecule has 1 amide bonds. The molecule has 2 aliphatic heterocycles. The Labute approximate surface area is 151 Å². The number of aryl methyl sites for hydroxylation is 1. The van der Waals surface area contributed by atoms with Crippen LogP contribution in [-0.2, 0) is 20.7 Å². The van der Waals surface area contributed by atoms with E-state index >= 15 is 0 Å². The molecule has 0 aliphatic carbocycles. The summed E-state index contributed by atoms with van der Waals surface area (Å²) in [5.74, 6) is 0.260. The first-order chi connectivity index (χ1) is 12.7. The van der Waals surface area contributed by atoms with E-state index < -0.39 is 12.1 Å². The molecule has 6 heteroatoms. The van der Waals surface area contributed by atoms with Crippen LogP contribution in [0, 0.1) is 0 Å². The first-order valence-electron chi connectivity index (χ1n) is 8.66. The zero-order valence-electron chi connectivity index (χ0n) is 14.2. The number of hydrogen-bond donors (Lipinski definition) is 0. The smallest absolute Gasteiger partial charge is 0.351 e. The van der Waals surface area contributed by atoms with E-state index in [9.17, 15) is 9.59 Å². The van der Waals surface area contributed by atoms with Crippen LogP contribution in [0.4, 0.5) is 5.69 Å². The van der Waals surface area contributed by atoms with Crippen LogP contribution in [-0.4, -0.2) is 37.7 Å². The summed E-state index contributed by atoms with van der Waals surface area (Å²) in [5.41, 5.74) is 2.03. The number of para-hydroxylation sites is 3. The molecule has 0 fully saturated rings. The van der Waals surface area contributed by atoms with Gasteiger partial charge in [0, 0.05) is 12.2 Å². The summed E-state index contributed by atoms with van der Waals surface area (Å²) in [6, 6.07) is 14.9. The summed E-state index contributed by atoms with van der Waals surface area (Å²) >= 11 is 0. The molecular formula is C20H19NO5. The van der Waals surface area contributed by atoms with Crippen LogP contribution in [0.2, 0.25) is 0 Å². The fourth-order valence-electron chi connectivity index (χ4n) is 3.23. The van der Waals surface area contributed by atoms with Crippen LogP contribution in [0.1, 0.15) is 12.0 Å². The maximum atomic E-state index is 12.5. The highest BCUT2D eigenvalue weighted by Crippen LogP contribution is 2.31. The van der Waals surface area contributed by atoms with Gasteiger partial charge in [0.1, 0.15) is 6.61 Å². The van der Waals surface area contributed by atoms with E-state index in [-0.39, 0.29) is 19.1 Å². The number of carbonyl (C=O) groups is 2. The molecule has 0 aromatic heterocycles. The fraction of sp³-hybridized carbons (Fsp3) is 0.300. The van der Waals surface area contributed by atoms with Gasteiger partial charge in [0.15, 0.2) is 18.1 Å². The average Bonchev–Trinajstić information content (AvgIpc) is 2.71. The molecule has 0 spiro atoms. The lowest BCUT2D eigenvalue weighted by Gasteiger charge is -2.29. The first-order valence-corrected chi connectivity index (χ1v) is 8.66. The quantitative estimate of drug-likeness (QED) is 0.793. The maximum Gasteiger partial charge on any atom is 0.351 e. The van der Waals surface area contributed by atoms with Crippen molar-refractivity contribution in [3.05, 3.63) is 54.1 Å². The van der Waals surface area contributed by atoms with Gasteiger partial charge in [0.2, 0.25) is 6.10 Å². The Morgan fingerprint density at radius 1 is 1.08 bits per heavy atom. The predicted molar refractivity (Wildman–Crippen MR) is 94.4 cm³/mol. The second-order valence-electron chi connectivity index (χ2n) is 6.25. The van der Waals surface area contributed by atoms with Crippen molar-refractivity contribution in [3.63, 3.8) is 0 Å². The maximum absolute atomic E-state index is 12.5. The third-order valence-corrected chi connectivity index (χ3v) is 4.52. The number of rotatable bonds is 3. The predicted octanol–water partition coefficient (Wildman–Crippen LogP) is 2.35. The highest BCUT2D eigenvalue weighted by atomic mass is 16.6. The van der Waals surface area contributed by atoms with Gasteiger partial charge in [-0.15, -0.1) is 0 Å². The molecule has 4 rings (SSSR count). The molecule has 134 valence electrons. The molecular weight excluding hydrogens is 334 g/mol. The minimum atomic E-state index is -0.869. The minimum absolute atomic E-state index is 0.0661. The second-order valence-corrected chi connectivity index (χ2v) is 6.25. The van der Waals surface area contributed by atoms with E-state index in [4.69, 9.17) is 14.2 Å².